The van der Waals surface area contributed by atoms with Gasteiger partial charge in [-0.05, 0) is 38.0 Å². The molecule has 2 aromatic carbocycles. The van der Waals surface area contributed by atoms with Crippen molar-refractivity contribution in [2.75, 3.05) is 37.9 Å². The van der Waals surface area contributed by atoms with Gasteiger partial charge < -0.3 is 24.8 Å². The summed E-state index contributed by atoms with van der Waals surface area (Å²) in [7, 11) is -0.847. The van der Waals surface area contributed by atoms with Crippen LogP contribution in [0.5, 0.6) is 17.2 Å². The molecule has 2 aromatic rings. The normalized spacial score (nSPS) is 20.5. The third kappa shape index (κ3) is 4.80. The molecule has 2 heterocycles. The third-order valence-corrected chi connectivity index (χ3v) is 7.75. The Bertz CT molecular complexity index is 1190. The van der Waals surface area contributed by atoms with Crippen molar-refractivity contribution in [3.63, 3.8) is 0 Å². The van der Waals surface area contributed by atoms with E-state index >= 15 is 0 Å². The lowest BCUT2D eigenvalue weighted by Crippen LogP contribution is -2.43. The number of nitrogens with zero attached hydrogens (tertiary/aromatic N) is 1. The van der Waals surface area contributed by atoms with E-state index in [4.69, 9.17) is 14.2 Å². The van der Waals surface area contributed by atoms with Crippen molar-refractivity contribution in [2.45, 2.75) is 30.8 Å². The number of hydrogen-bond acceptors (Lipinski definition) is 7. The molecule has 34 heavy (non-hydrogen) atoms. The molecule has 10 nitrogen and oxygen atoms in total. The van der Waals surface area contributed by atoms with Gasteiger partial charge >= 0.3 is 0 Å². The van der Waals surface area contributed by atoms with E-state index < -0.39 is 22.0 Å². The lowest BCUT2D eigenvalue weighted by Gasteiger charge is -2.31. The largest absolute Gasteiger partial charge is 0.497 e. The number of hydrogen-bond donors (Lipinski definition) is 2. The molecule has 2 aliphatic rings. The average molecular weight is 490 g/mol. The Labute approximate surface area is 198 Å². The predicted molar refractivity (Wildman–Crippen MR) is 125 cm³/mol. The highest BCUT2D eigenvalue weighted by Gasteiger charge is 2.34. The number of carbonyl (C=O) groups is 2. The molecular weight excluding hydrogens is 462 g/mol. The second kappa shape index (κ2) is 9.51. The van der Waals surface area contributed by atoms with E-state index in [1.165, 1.54) is 36.7 Å². The van der Waals surface area contributed by atoms with Gasteiger partial charge in [-0.3, -0.25) is 9.59 Å². The molecule has 2 aliphatic heterocycles. The summed E-state index contributed by atoms with van der Waals surface area (Å²) in [6, 6.07) is 9.40. The number of sulfonamides is 1. The summed E-state index contributed by atoms with van der Waals surface area (Å²) in [5.41, 5.74) is 0.809. The van der Waals surface area contributed by atoms with Crippen LogP contribution in [0.15, 0.2) is 41.3 Å². The maximum atomic E-state index is 13.3. The Kier molecular flexibility index (Phi) is 6.67. The fourth-order valence-electron chi connectivity index (χ4n) is 4.00. The van der Waals surface area contributed by atoms with E-state index in [0.29, 0.717) is 48.0 Å². The van der Waals surface area contributed by atoms with Gasteiger partial charge in [0.05, 0.1) is 30.7 Å². The van der Waals surface area contributed by atoms with Gasteiger partial charge in [0, 0.05) is 37.0 Å². The summed E-state index contributed by atoms with van der Waals surface area (Å²) in [5.74, 6) is 0.319. The first-order valence-electron chi connectivity index (χ1n) is 10.9. The maximum Gasteiger partial charge on any atom is 0.265 e. The minimum absolute atomic E-state index is 0.0308. The average Bonchev–Trinajstić information content (AvgIpc) is 2.84. The molecule has 2 amide bonds. The molecule has 0 bridgehead atoms. The Morgan fingerprint density at radius 3 is 2.53 bits per heavy atom. The summed E-state index contributed by atoms with van der Waals surface area (Å²) in [6.45, 7) is 1.96. The van der Waals surface area contributed by atoms with Gasteiger partial charge in [-0.25, -0.2) is 8.42 Å². The monoisotopic (exact) mass is 489 g/mol. The standard InChI is InChI=1S/C23H27N3O7S/c1-14-22(27)25-20-12-19(6-7-21(20)33-14)34(29,30)26-8-4-5-15(13-26)23(28)24-16-9-17(31-2)11-18(10-16)32-3/h6-7,9-12,14-15H,4-5,8,13H2,1-3H3,(H,24,28)(H,25,27)/t14-,15+/m0/s1. The van der Waals surface area contributed by atoms with Crippen LogP contribution >= 0.6 is 0 Å². The summed E-state index contributed by atoms with van der Waals surface area (Å²) in [5, 5.41) is 5.50. The van der Waals surface area contributed by atoms with Crippen molar-refractivity contribution in [3.05, 3.63) is 36.4 Å². The third-order valence-electron chi connectivity index (χ3n) is 5.89. The Balaban J connectivity index is 1.50. The minimum atomic E-state index is -3.88. The smallest absolute Gasteiger partial charge is 0.265 e. The number of anilines is 2. The number of methoxy groups -OCH3 is 2. The van der Waals surface area contributed by atoms with Crippen molar-refractivity contribution >= 4 is 33.2 Å². The molecule has 0 spiro atoms. The van der Waals surface area contributed by atoms with Gasteiger partial charge in [0.1, 0.15) is 17.2 Å². The predicted octanol–water partition coefficient (Wildman–Crippen LogP) is 2.46. The first kappa shape index (κ1) is 23.8. The van der Waals surface area contributed by atoms with Crippen molar-refractivity contribution in [1.82, 2.24) is 4.31 Å². The maximum absolute atomic E-state index is 13.3. The van der Waals surface area contributed by atoms with Gasteiger partial charge in [0.25, 0.3) is 5.91 Å². The van der Waals surface area contributed by atoms with Gasteiger partial charge in [-0.15, -0.1) is 0 Å². The van der Waals surface area contributed by atoms with E-state index in [0.717, 1.165) is 0 Å². The number of ether oxygens (including phenoxy) is 3. The van der Waals surface area contributed by atoms with E-state index in [9.17, 15) is 18.0 Å². The van der Waals surface area contributed by atoms with Crippen LogP contribution < -0.4 is 24.8 Å². The minimum Gasteiger partial charge on any atom is -0.497 e. The Morgan fingerprint density at radius 2 is 1.85 bits per heavy atom. The van der Waals surface area contributed by atoms with Gasteiger partial charge in [-0.1, -0.05) is 0 Å². The van der Waals surface area contributed by atoms with Crippen molar-refractivity contribution in [3.8, 4) is 17.2 Å². The van der Waals surface area contributed by atoms with Gasteiger partial charge in [0.15, 0.2) is 6.10 Å². The Morgan fingerprint density at radius 1 is 1.15 bits per heavy atom. The molecule has 2 atom stereocenters. The summed E-state index contributed by atoms with van der Waals surface area (Å²) in [4.78, 5) is 24.9. The Hall–Kier alpha value is -3.31. The van der Waals surface area contributed by atoms with Crippen LogP contribution in [0.4, 0.5) is 11.4 Å². The number of carbonyl (C=O) groups excluding carboxylic acids is 2. The quantitative estimate of drug-likeness (QED) is 0.639. The summed E-state index contributed by atoms with van der Waals surface area (Å²) >= 11 is 0. The van der Waals surface area contributed by atoms with E-state index in [2.05, 4.69) is 10.6 Å². The highest BCUT2D eigenvalue weighted by molar-refractivity contribution is 7.89. The number of nitrogens with one attached hydrogen (secondary N) is 2. The molecule has 0 aliphatic carbocycles. The topological polar surface area (TPSA) is 123 Å². The van der Waals surface area contributed by atoms with Crippen LogP contribution in [0.2, 0.25) is 0 Å². The van der Waals surface area contributed by atoms with Crippen molar-refractivity contribution < 1.29 is 32.2 Å². The molecule has 2 N–H and O–H groups in total. The number of fused-ring (bicyclic) bond motifs is 1. The first-order valence-corrected chi connectivity index (χ1v) is 12.3. The van der Waals surface area contributed by atoms with E-state index in [-0.39, 0.29) is 23.3 Å². The molecule has 1 saturated heterocycles. The number of amides is 2. The zero-order chi connectivity index (χ0) is 24.5. The molecule has 0 aromatic heterocycles. The van der Waals surface area contributed by atoms with Crippen LogP contribution in [0.1, 0.15) is 19.8 Å². The zero-order valence-electron chi connectivity index (χ0n) is 19.2. The van der Waals surface area contributed by atoms with E-state index in [1.807, 2.05) is 0 Å². The summed E-state index contributed by atoms with van der Waals surface area (Å²) < 4.78 is 43.9. The van der Waals surface area contributed by atoms with Crippen molar-refractivity contribution in [2.24, 2.45) is 5.92 Å². The molecular formula is C23H27N3O7S. The lowest BCUT2D eigenvalue weighted by atomic mass is 9.98. The number of piperidine rings is 1. The van der Waals surface area contributed by atoms with Crippen LogP contribution in [0.25, 0.3) is 0 Å². The SMILES string of the molecule is COc1cc(NC(=O)[C@@H]2CCCN(S(=O)(=O)c3ccc4c(c3)NC(=O)[C@H](C)O4)C2)cc(OC)c1. The van der Waals surface area contributed by atoms with E-state index in [1.54, 1.807) is 25.1 Å². The van der Waals surface area contributed by atoms with Gasteiger partial charge in [-0.2, -0.15) is 4.31 Å². The second-order valence-electron chi connectivity index (χ2n) is 8.20. The molecule has 1 fully saturated rings. The van der Waals surface area contributed by atoms with Crippen LogP contribution in [0.3, 0.4) is 0 Å². The molecule has 0 unspecified atom stereocenters. The molecule has 4 rings (SSSR count). The number of benzene rings is 2. The number of rotatable bonds is 6. The van der Waals surface area contributed by atoms with Gasteiger partial charge in [0.2, 0.25) is 15.9 Å². The highest BCUT2D eigenvalue weighted by atomic mass is 32.2. The molecule has 0 saturated carbocycles. The molecule has 182 valence electrons. The fraction of sp³-hybridized carbons (Fsp3) is 0.391. The first-order chi connectivity index (χ1) is 16.2. The molecule has 0 radical (unpaired) electrons. The second-order valence-corrected chi connectivity index (χ2v) is 10.1. The summed E-state index contributed by atoms with van der Waals surface area (Å²) in [6.07, 6.45) is 0.451. The molecule has 11 heteroatoms. The van der Waals surface area contributed by atoms with Crippen LogP contribution in [0, 0.1) is 5.92 Å². The lowest BCUT2D eigenvalue weighted by molar-refractivity contribution is -0.123. The van der Waals surface area contributed by atoms with Crippen molar-refractivity contribution in [1.29, 1.82) is 0 Å². The fourth-order valence-corrected chi connectivity index (χ4v) is 5.55. The highest BCUT2D eigenvalue weighted by Crippen LogP contribution is 2.34. The van der Waals surface area contributed by atoms with Crippen LogP contribution in [-0.2, 0) is 19.6 Å². The van der Waals surface area contributed by atoms with Crippen LogP contribution in [-0.4, -0.2) is 58.0 Å². The zero-order valence-corrected chi connectivity index (χ0v) is 20.0.